The molecule has 26 heavy (non-hydrogen) atoms. The van der Waals surface area contributed by atoms with Gasteiger partial charge in [0, 0.05) is 10.6 Å². The van der Waals surface area contributed by atoms with E-state index >= 15 is 0 Å². The Hall–Kier alpha value is -2.35. The van der Waals surface area contributed by atoms with Gasteiger partial charge in [0.25, 0.3) is 5.56 Å². The molecule has 0 bridgehead atoms. The van der Waals surface area contributed by atoms with Crippen LogP contribution in [0, 0.1) is 0 Å². The number of aromatic amines is 1. The zero-order valence-electron chi connectivity index (χ0n) is 13.2. The van der Waals surface area contributed by atoms with Crippen LogP contribution < -0.4 is 10.9 Å². The number of carbonyl (C=O) groups excluding carboxylic acids is 1. The predicted molar refractivity (Wildman–Crippen MR) is 104 cm³/mol. The van der Waals surface area contributed by atoms with Crippen LogP contribution >= 0.6 is 35.0 Å². The molecule has 6 nitrogen and oxygen atoms in total. The number of carbonyl (C=O) groups is 1. The summed E-state index contributed by atoms with van der Waals surface area (Å²) in [7, 11) is 0. The Bertz CT molecular complexity index is 996. The molecule has 0 aliphatic carbocycles. The van der Waals surface area contributed by atoms with Gasteiger partial charge in [-0.25, -0.2) is 0 Å². The molecule has 0 unspecified atom stereocenters. The van der Waals surface area contributed by atoms with Crippen molar-refractivity contribution in [2.24, 2.45) is 0 Å². The van der Waals surface area contributed by atoms with Crippen LogP contribution in [-0.2, 0) is 4.79 Å². The van der Waals surface area contributed by atoms with Crippen molar-refractivity contribution in [1.82, 2.24) is 15.2 Å². The number of nitrogens with one attached hydrogen (secondary N) is 2. The van der Waals surface area contributed by atoms with Crippen LogP contribution in [-0.4, -0.2) is 26.8 Å². The minimum Gasteiger partial charge on any atom is -0.324 e. The van der Waals surface area contributed by atoms with Crippen LogP contribution in [0.3, 0.4) is 0 Å². The van der Waals surface area contributed by atoms with E-state index in [1.54, 1.807) is 30.3 Å². The van der Waals surface area contributed by atoms with Gasteiger partial charge in [-0.2, -0.15) is 0 Å². The van der Waals surface area contributed by atoms with Crippen LogP contribution in [0.1, 0.15) is 0 Å². The first-order valence-electron chi connectivity index (χ1n) is 7.43. The van der Waals surface area contributed by atoms with E-state index in [0.29, 0.717) is 21.3 Å². The first-order valence-corrected chi connectivity index (χ1v) is 9.17. The van der Waals surface area contributed by atoms with Crippen molar-refractivity contribution >= 4 is 46.6 Å². The van der Waals surface area contributed by atoms with E-state index in [1.165, 1.54) is 0 Å². The summed E-state index contributed by atoms with van der Waals surface area (Å²) in [5.41, 5.74) is 0.951. The first kappa shape index (κ1) is 18.4. The molecule has 1 aromatic heterocycles. The van der Waals surface area contributed by atoms with E-state index in [-0.39, 0.29) is 28.1 Å². The maximum atomic E-state index is 12.2. The number of thioether (sulfide) groups is 1. The summed E-state index contributed by atoms with van der Waals surface area (Å²) in [6, 6.07) is 13.8. The molecule has 132 valence electrons. The molecule has 2 aromatic carbocycles. The third-order valence-corrected chi connectivity index (χ3v) is 4.69. The molecule has 9 heteroatoms. The first-order chi connectivity index (χ1) is 12.5. The molecule has 0 saturated carbocycles. The fraction of sp³-hybridized carbons (Fsp3) is 0.0588. The number of anilines is 1. The van der Waals surface area contributed by atoms with Crippen LogP contribution in [0.2, 0.25) is 10.0 Å². The second-order valence-corrected chi connectivity index (χ2v) is 6.94. The minimum absolute atomic E-state index is 0.0259. The van der Waals surface area contributed by atoms with Crippen LogP contribution in [0.5, 0.6) is 0 Å². The number of benzene rings is 2. The molecule has 0 fully saturated rings. The third kappa shape index (κ3) is 4.63. The Labute approximate surface area is 163 Å². The number of hydrogen-bond acceptors (Lipinski definition) is 5. The molecular formula is C17H12Cl2N4O2S. The number of nitrogens with zero attached hydrogens (tertiary/aromatic N) is 2. The van der Waals surface area contributed by atoms with E-state index in [2.05, 4.69) is 20.5 Å². The number of rotatable bonds is 5. The number of aromatic nitrogens is 3. The molecule has 0 spiro atoms. The summed E-state index contributed by atoms with van der Waals surface area (Å²) in [5.74, 6) is -0.285. The lowest BCUT2D eigenvalue weighted by atomic mass is 10.2. The number of H-pyrrole nitrogens is 1. The number of hydrogen-bond donors (Lipinski definition) is 2. The predicted octanol–water partition coefficient (Wildman–Crippen LogP) is 3.87. The van der Waals surface area contributed by atoms with Gasteiger partial charge in [0.2, 0.25) is 5.91 Å². The zero-order valence-corrected chi connectivity index (χ0v) is 15.5. The molecule has 2 N–H and O–H groups in total. The summed E-state index contributed by atoms with van der Waals surface area (Å²) in [4.78, 5) is 26.8. The van der Waals surface area contributed by atoms with Gasteiger partial charge in [-0.05, 0) is 18.2 Å². The minimum atomic E-state index is -0.369. The highest BCUT2D eigenvalue weighted by Gasteiger charge is 2.11. The normalized spacial score (nSPS) is 10.5. The standard InChI is InChI=1S/C17H12Cl2N4O2S/c18-11-6-7-12(19)13(8-11)20-14(24)9-26-17-21-16(25)15(22-23-17)10-4-2-1-3-5-10/h1-8H,9H2,(H,20,24)(H,21,23,25). The smallest absolute Gasteiger partial charge is 0.278 e. The Balaban J connectivity index is 1.65. The highest BCUT2D eigenvalue weighted by Crippen LogP contribution is 2.25. The van der Waals surface area contributed by atoms with Gasteiger partial charge >= 0.3 is 0 Å². The van der Waals surface area contributed by atoms with Gasteiger partial charge in [-0.1, -0.05) is 65.3 Å². The molecule has 3 aromatic rings. The second-order valence-electron chi connectivity index (χ2n) is 5.13. The maximum Gasteiger partial charge on any atom is 0.278 e. The lowest BCUT2D eigenvalue weighted by Gasteiger charge is -2.07. The maximum absolute atomic E-state index is 12.2. The molecule has 0 atom stereocenters. The molecule has 0 radical (unpaired) electrons. The van der Waals surface area contributed by atoms with Crippen molar-refractivity contribution in [3.8, 4) is 11.3 Å². The highest BCUT2D eigenvalue weighted by molar-refractivity contribution is 7.99. The van der Waals surface area contributed by atoms with Crippen LogP contribution in [0.25, 0.3) is 11.3 Å². The molecule has 1 amide bonds. The van der Waals surface area contributed by atoms with E-state index < -0.39 is 0 Å². The molecule has 0 saturated heterocycles. The van der Waals surface area contributed by atoms with Crippen molar-refractivity contribution in [3.05, 3.63) is 68.9 Å². The van der Waals surface area contributed by atoms with Crippen molar-refractivity contribution in [1.29, 1.82) is 0 Å². The van der Waals surface area contributed by atoms with Crippen molar-refractivity contribution < 1.29 is 4.79 Å². The van der Waals surface area contributed by atoms with Gasteiger partial charge in [-0.3, -0.25) is 14.6 Å². The lowest BCUT2D eigenvalue weighted by Crippen LogP contribution is -2.17. The lowest BCUT2D eigenvalue weighted by molar-refractivity contribution is -0.113. The van der Waals surface area contributed by atoms with Gasteiger partial charge in [0.05, 0.1) is 16.5 Å². The van der Waals surface area contributed by atoms with Gasteiger partial charge in [0.15, 0.2) is 10.9 Å². The van der Waals surface area contributed by atoms with Gasteiger partial charge in [-0.15, -0.1) is 10.2 Å². The van der Waals surface area contributed by atoms with E-state index in [1.807, 2.05) is 18.2 Å². The SMILES string of the molecule is O=C(CSc1nnc(-c2ccccc2)c(=O)[nH]1)Nc1cc(Cl)ccc1Cl. The third-order valence-electron chi connectivity index (χ3n) is 3.27. The van der Waals surface area contributed by atoms with Gasteiger partial charge < -0.3 is 5.32 Å². The Kier molecular flexibility index (Phi) is 5.92. The largest absolute Gasteiger partial charge is 0.324 e. The Morgan fingerprint density at radius 3 is 2.62 bits per heavy atom. The molecule has 3 rings (SSSR count). The van der Waals surface area contributed by atoms with Crippen molar-refractivity contribution in [3.63, 3.8) is 0 Å². The molecule has 0 aliphatic rings. The van der Waals surface area contributed by atoms with Gasteiger partial charge in [0.1, 0.15) is 0 Å². The summed E-state index contributed by atoms with van der Waals surface area (Å²) < 4.78 is 0. The summed E-state index contributed by atoms with van der Waals surface area (Å²) in [6.07, 6.45) is 0. The van der Waals surface area contributed by atoms with E-state index in [0.717, 1.165) is 11.8 Å². The number of halogens is 2. The van der Waals surface area contributed by atoms with Crippen molar-refractivity contribution in [2.45, 2.75) is 5.16 Å². The Morgan fingerprint density at radius 2 is 1.88 bits per heavy atom. The molecule has 0 aliphatic heterocycles. The van der Waals surface area contributed by atoms with Crippen LogP contribution in [0.4, 0.5) is 5.69 Å². The van der Waals surface area contributed by atoms with Crippen molar-refractivity contribution in [2.75, 3.05) is 11.1 Å². The van der Waals surface area contributed by atoms with E-state index in [4.69, 9.17) is 23.2 Å². The molecule has 1 heterocycles. The zero-order chi connectivity index (χ0) is 18.5. The summed E-state index contributed by atoms with van der Waals surface area (Å²) in [5, 5.41) is 11.7. The average Bonchev–Trinajstić information content (AvgIpc) is 2.64. The highest BCUT2D eigenvalue weighted by atomic mass is 35.5. The summed E-state index contributed by atoms with van der Waals surface area (Å²) >= 11 is 12.9. The second kappa shape index (κ2) is 8.35. The fourth-order valence-electron chi connectivity index (χ4n) is 2.09. The summed E-state index contributed by atoms with van der Waals surface area (Å²) in [6.45, 7) is 0. The molecular weight excluding hydrogens is 395 g/mol. The monoisotopic (exact) mass is 406 g/mol. The average molecular weight is 407 g/mol. The number of amides is 1. The van der Waals surface area contributed by atoms with Crippen LogP contribution in [0.15, 0.2) is 58.5 Å². The fourth-order valence-corrected chi connectivity index (χ4v) is 3.03. The Morgan fingerprint density at radius 1 is 1.12 bits per heavy atom. The van der Waals surface area contributed by atoms with E-state index in [9.17, 15) is 9.59 Å². The topological polar surface area (TPSA) is 87.7 Å². The quantitative estimate of drug-likeness (QED) is 0.627.